The average Bonchev–Trinajstić information content (AvgIpc) is 2.57. The smallest absolute Gasteiger partial charge is 0.442 e. The molecule has 0 bridgehead atoms. The summed E-state index contributed by atoms with van der Waals surface area (Å²) in [5.74, 6) is -0.519. The van der Waals surface area contributed by atoms with Crippen molar-refractivity contribution in [1.29, 1.82) is 0 Å². The Morgan fingerprint density at radius 2 is 1.82 bits per heavy atom. The number of hydrogen-bond donors (Lipinski definition) is 1. The van der Waals surface area contributed by atoms with E-state index < -0.39 is 36.3 Å². The van der Waals surface area contributed by atoms with Gasteiger partial charge in [-0.05, 0) is 34.6 Å². The van der Waals surface area contributed by atoms with Gasteiger partial charge in [0.15, 0.2) is 0 Å². The highest BCUT2D eigenvalue weighted by molar-refractivity contribution is 6.62. The Hall–Kier alpha value is -1.60. The van der Waals surface area contributed by atoms with Crippen LogP contribution in [0.2, 0.25) is 0 Å². The molecule has 0 saturated carbocycles. The number of carbonyl (C=O) groups excluding carboxylic acids is 1. The number of hydrogen-bond acceptors (Lipinski definition) is 4. The van der Waals surface area contributed by atoms with Crippen molar-refractivity contribution in [2.24, 2.45) is 5.73 Å². The van der Waals surface area contributed by atoms with E-state index >= 15 is 0 Å². The Morgan fingerprint density at radius 3 is 2.32 bits per heavy atom. The highest BCUT2D eigenvalue weighted by atomic mass is 19.1. The number of rotatable bonds is 3. The van der Waals surface area contributed by atoms with Gasteiger partial charge in [-0.1, -0.05) is 18.2 Å². The van der Waals surface area contributed by atoms with Gasteiger partial charge in [-0.2, -0.15) is 0 Å². The van der Waals surface area contributed by atoms with E-state index in [9.17, 15) is 9.18 Å². The van der Waals surface area contributed by atoms with Gasteiger partial charge in [0.25, 0.3) is 0 Å². The number of halogens is 1. The first kappa shape index (κ1) is 16.8. The lowest BCUT2D eigenvalue weighted by atomic mass is 9.77. The van der Waals surface area contributed by atoms with Crippen molar-refractivity contribution in [2.75, 3.05) is 0 Å². The lowest BCUT2D eigenvalue weighted by Gasteiger charge is -2.32. The molecule has 0 aliphatic carbocycles. The molecule has 1 amide bonds. The van der Waals surface area contributed by atoms with Crippen molar-refractivity contribution in [3.05, 3.63) is 29.6 Å². The second kappa shape index (κ2) is 5.55. The summed E-state index contributed by atoms with van der Waals surface area (Å²) >= 11 is 0. The summed E-state index contributed by atoms with van der Waals surface area (Å²) in [7, 11) is -0.814. The fourth-order valence-electron chi connectivity index (χ4n) is 2.27. The second-order valence-corrected chi connectivity index (χ2v) is 6.42. The van der Waals surface area contributed by atoms with E-state index in [4.69, 9.17) is 19.8 Å². The highest BCUT2D eigenvalue weighted by Crippen LogP contribution is 2.36. The molecule has 120 valence electrons. The number of amides is 1. The molecule has 0 spiro atoms. The van der Waals surface area contributed by atoms with Crippen LogP contribution < -0.4 is 11.2 Å². The van der Waals surface area contributed by atoms with Crippen LogP contribution in [0.15, 0.2) is 18.2 Å². The molecule has 7 heteroatoms. The van der Waals surface area contributed by atoms with Gasteiger partial charge in [0.1, 0.15) is 11.9 Å². The topological polar surface area (TPSA) is 70.8 Å². The molecule has 1 aliphatic heterocycles. The van der Waals surface area contributed by atoms with Crippen molar-refractivity contribution in [3.63, 3.8) is 0 Å². The maximum Gasteiger partial charge on any atom is 0.497 e. The lowest BCUT2D eigenvalue weighted by Crippen LogP contribution is -2.41. The number of benzene rings is 1. The minimum atomic E-state index is -0.951. The predicted molar refractivity (Wildman–Crippen MR) is 81.2 cm³/mol. The van der Waals surface area contributed by atoms with Crippen LogP contribution >= 0.6 is 0 Å². The summed E-state index contributed by atoms with van der Waals surface area (Å²) < 4.78 is 31.3. The van der Waals surface area contributed by atoms with E-state index in [1.165, 1.54) is 6.07 Å². The van der Waals surface area contributed by atoms with E-state index in [-0.39, 0.29) is 11.0 Å². The molecule has 22 heavy (non-hydrogen) atoms. The minimum Gasteiger partial charge on any atom is -0.442 e. The molecule has 0 aromatic heterocycles. The Labute approximate surface area is 130 Å². The monoisotopic (exact) mass is 309 g/mol. The SMILES string of the molecule is CC(OC(N)=O)c1cccc(B2OC(C)(C)C(C)(C)O2)c1F. The van der Waals surface area contributed by atoms with Crippen molar-refractivity contribution >= 4 is 18.7 Å². The minimum absolute atomic E-state index is 0.228. The van der Waals surface area contributed by atoms with Crippen LogP contribution in [0.4, 0.5) is 9.18 Å². The van der Waals surface area contributed by atoms with Gasteiger partial charge < -0.3 is 19.8 Å². The third-order valence-electron chi connectivity index (χ3n) is 4.30. The molecular weight excluding hydrogens is 288 g/mol. The fourth-order valence-corrected chi connectivity index (χ4v) is 2.27. The average molecular weight is 309 g/mol. The van der Waals surface area contributed by atoms with Crippen molar-refractivity contribution < 1.29 is 23.2 Å². The zero-order valence-corrected chi connectivity index (χ0v) is 13.5. The van der Waals surface area contributed by atoms with Crippen LogP contribution in [-0.2, 0) is 14.0 Å². The molecular formula is C15H21BFNO4. The first-order valence-electron chi connectivity index (χ1n) is 7.15. The number of nitrogens with two attached hydrogens (primary N) is 1. The summed E-state index contributed by atoms with van der Waals surface area (Å²) in [6.07, 6.45) is -1.74. The zero-order valence-electron chi connectivity index (χ0n) is 13.5. The highest BCUT2D eigenvalue weighted by Gasteiger charge is 2.52. The largest absolute Gasteiger partial charge is 0.497 e. The van der Waals surface area contributed by atoms with Gasteiger partial charge in [0.05, 0.1) is 11.2 Å². The van der Waals surface area contributed by atoms with Crippen LogP contribution in [0, 0.1) is 5.82 Å². The van der Waals surface area contributed by atoms with Crippen LogP contribution in [0.25, 0.3) is 0 Å². The maximum atomic E-state index is 14.7. The zero-order chi connectivity index (χ0) is 16.7. The van der Waals surface area contributed by atoms with E-state index in [0.29, 0.717) is 0 Å². The van der Waals surface area contributed by atoms with E-state index in [2.05, 4.69) is 0 Å². The van der Waals surface area contributed by atoms with Gasteiger partial charge >= 0.3 is 13.2 Å². The Morgan fingerprint density at radius 1 is 1.27 bits per heavy atom. The molecule has 1 atom stereocenters. The van der Waals surface area contributed by atoms with Crippen molar-refractivity contribution in [2.45, 2.75) is 51.9 Å². The summed E-state index contributed by atoms with van der Waals surface area (Å²) in [4.78, 5) is 10.8. The van der Waals surface area contributed by atoms with E-state index in [1.54, 1.807) is 19.1 Å². The first-order chi connectivity index (χ1) is 10.0. The molecule has 2 N–H and O–H groups in total. The van der Waals surface area contributed by atoms with Gasteiger partial charge in [0.2, 0.25) is 0 Å². The lowest BCUT2D eigenvalue weighted by molar-refractivity contribution is 0.00578. The Kier molecular flexibility index (Phi) is 4.23. The third kappa shape index (κ3) is 2.96. The molecule has 1 saturated heterocycles. The Balaban J connectivity index is 2.33. The fraction of sp³-hybridized carbons (Fsp3) is 0.533. The number of ether oxygens (including phenoxy) is 1. The quantitative estimate of drug-likeness (QED) is 0.870. The molecule has 1 unspecified atom stereocenters. The van der Waals surface area contributed by atoms with Crippen LogP contribution in [0.1, 0.15) is 46.3 Å². The van der Waals surface area contributed by atoms with Gasteiger partial charge in [-0.25, -0.2) is 9.18 Å². The summed E-state index contributed by atoms with van der Waals surface area (Å²) in [6.45, 7) is 9.14. The van der Waals surface area contributed by atoms with Crippen LogP contribution in [0.5, 0.6) is 0 Å². The molecule has 1 heterocycles. The Bertz CT molecular complexity index is 575. The summed E-state index contributed by atoms with van der Waals surface area (Å²) in [5.41, 5.74) is 4.36. The molecule has 1 aliphatic rings. The molecule has 2 rings (SSSR count). The molecule has 1 fully saturated rings. The predicted octanol–water partition coefficient (Wildman–Crippen LogP) is 2.28. The van der Waals surface area contributed by atoms with E-state index in [1.807, 2.05) is 27.7 Å². The normalized spacial score (nSPS) is 20.7. The summed E-state index contributed by atoms with van der Waals surface area (Å²) in [6, 6.07) is 4.80. The van der Waals surface area contributed by atoms with Gasteiger partial charge in [-0.15, -0.1) is 0 Å². The standard InChI is InChI=1S/C15H21BFNO4/c1-9(20-13(18)19)10-7-6-8-11(12(10)17)16-21-14(2,3)15(4,5)22-16/h6-9H,1-5H3,(H2,18,19). The molecule has 1 aromatic carbocycles. The van der Waals surface area contributed by atoms with Gasteiger partial charge in [0, 0.05) is 11.0 Å². The van der Waals surface area contributed by atoms with Crippen LogP contribution in [0.3, 0.4) is 0 Å². The van der Waals surface area contributed by atoms with Crippen molar-refractivity contribution in [1.82, 2.24) is 0 Å². The summed E-state index contributed by atoms with van der Waals surface area (Å²) in [5, 5.41) is 0. The van der Waals surface area contributed by atoms with Gasteiger partial charge in [-0.3, -0.25) is 0 Å². The molecule has 1 aromatic rings. The molecule has 5 nitrogen and oxygen atoms in total. The van der Waals surface area contributed by atoms with E-state index in [0.717, 1.165) is 0 Å². The third-order valence-corrected chi connectivity index (χ3v) is 4.30. The first-order valence-corrected chi connectivity index (χ1v) is 7.15. The maximum absolute atomic E-state index is 14.7. The molecule has 0 radical (unpaired) electrons. The van der Waals surface area contributed by atoms with Crippen LogP contribution in [-0.4, -0.2) is 24.4 Å². The number of carbonyl (C=O) groups is 1. The second-order valence-electron chi connectivity index (χ2n) is 6.42. The number of primary amides is 1. The van der Waals surface area contributed by atoms with Crippen molar-refractivity contribution in [3.8, 4) is 0 Å².